The molecule has 7 nitrogen and oxygen atoms in total. The molecule has 0 aliphatic carbocycles. The van der Waals surface area contributed by atoms with Gasteiger partial charge >= 0.3 is 12.3 Å². The molecule has 0 bridgehead atoms. The molecule has 2 amide bonds. The number of aliphatic hydroxyl groups excluding tert-OH is 1. The van der Waals surface area contributed by atoms with Gasteiger partial charge in [0.1, 0.15) is 24.1 Å². The Morgan fingerprint density at radius 3 is 2.24 bits per heavy atom. The molecule has 0 spiro atoms. The van der Waals surface area contributed by atoms with Crippen molar-refractivity contribution in [3.05, 3.63) is 34.9 Å². The number of carbonyl (C=O) groups is 3. The summed E-state index contributed by atoms with van der Waals surface area (Å²) in [5, 5.41) is 10.1. The molecule has 1 N–H and O–H groups in total. The zero-order valence-electron chi connectivity index (χ0n) is 21.3. The second kappa shape index (κ2) is 11.4. The Kier molecular flexibility index (Phi) is 8.87. The summed E-state index contributed by atoms with van der Waals surface area (Å²) in [7, 11) is 0. The van der Waals surface area contributed by atoms with Gasteiger partial charge in [0.15, 0.2) is 0 Å². The molecular weight excluding hydrogens is 496 g/mol. The number of β-amino-alcohol motifs (C(OH)–C–C–N with tert-alkyl or cyclic N) is 1. The lowest BCUT2D eigenvalue weighted by atomic mass is 9.89. The topological polar surface area (TPSA) is 87.2 Å². The van der Waals surface area contributed by atoms with Gasteiger partial charge in [0.25, 0.3) is 0 Å². The van der Waals surface area contributed by atoms with Gasteiger partial charge in [-0.2, -0.15) is 13.2 Å². The maximum atomic E-state index is 13.1. The van der Waals surface area contributed by atoms with E-state index in [1.54, 1.807) is 25.7 Å². The van der Waals surface area contributed by atoms with Gasteiger partial charge in [-0.3, -0.25) is 14.5 Å². The van der Waals surface area contributed by atoms with Crippen LogP contribution in [0.25, 0.3) is 0 Å². The van der Waals surface area contributed by atoms with E-state index < -0.39 is 42.3 Å². The largest absolute Gasteiger partial charge is 0.444 e. The number of hydrogen-bond acceptors (Lipinski definition) is 5. The van der Waals surface area contributed by atoms with Crippen molar-refractivity contribution in [2.75, 3.05) is 19.6 Å². The van der Waals surface area contributed by atoms with E-state index in [2.05, 4.69) is 0 Å². The van der Waals surface area contributed by atoms with E-state index in [1.807, 2.05) is 0 Å². The number of piperidine rings is 1. The highest BCUT2D eigenvalue weighted by Crippen LogP contribution is 2.32. The first-order valence-electron chi connectivity index (χ1n) is 12.4. The number of likely N-dealkylation sites (tertiary alicyclic amines) is 2. The number of aliphatic hydroxyl groups is 1. The lowest BCUT2D eigenvalue weighted by Crippen LogP contribution is -2.51. The van der Waals surface area contributed by atoms with Crippen LogP contribution in [-0.2, 0) is 33.6 Å². The minimum absolute atomic E-state index is 0.00987. The monoisotopic (exact) mass is 530 g/mol. The van der Waals surface area contributed by atoms with Gasteiger partial charge in [-0.1, -0.05) is 6.07 Å². The lowest BCUT2D eigenvalue weighted by Gasteiger charge is -2.35. The number of ether oxygens (including phenoxy) is 1. The van der Waals surface area contributed by atoms with E-state index in [9.17, 15) is 37.1 Å². The Hall–Kier alpha value is -2.69. The number of hydrogen-bond donors (Lipinski definition) is 1. The Bertz CT molecular complexity index is 1000. The number of carbonyl (C=O) groups excluding carboxylic acids is 3. The van der Waals surface area contributed by atoms with E-state index in [0.29, 0.717) is 25.9 Å². The zero-order chi connectivity index (χ0) is 27.5. The van der Waals surface area contributed by atoms with Crippen LogP contribution in [0.1, 0.15) is 63.1 Å². The van der Waals surface area contributed by atoms with E-state index >= 15 is 0 Å². The molecule has 1 aromatic rings. The third-order valence-electron chi connectivity index (χ3n) is 6.57. The Morgan fingerprint density at radius 1 is 1.05 bits per heavy atom. The fourth-order valence-electron chi connectivity index (χ4n) is 4.87. The van der Waals surface area contributed by atoms with Crippen molar-refractivity contribution >= 4 is 17.8 Å². The van der Waals surface area contributed by atoms with Crippen LogP contribution < -0.4 is 0 Å². The molecule has 1 aromatic carbocycles. The van der Waals surface area contributed by atoms with Gasteiger partial charge in [0, 0.05) is 32.4 Å². The molecule has 2 atom stereocenters. The highest BCUT2D eigenvalue weighted by atomic mass is 19.4. The van der Waals surface area contributed by atoms with E-state index in [0.717, 1.165) is 12.1 Å². The van der Waals surface area contributed by atoms with Crippen LogP contribution in [0, 0.1) is 5.92 Å². The smallest absolute Gasteiger partial charge is 0.416 e. The molecule has 2 fully saturated rings. The fraction of sp³-hybridized carbons (Fsp3) is 0.654. The molecule has 206 valence electrons. The highest BCUT2D eigenvalue weighted by Gasteiger charge is 2.43. The van der Waals surface area contributed by atoms with Gasteiger partial charge in [-0.05, 0) is 62.8 Å². The number of ketones is 1. The van der Waals surface area contributed by atoms with Gasteiger partial charge in [-0.25, -0.2) is 9.18 Å². The van der Waals surface area contributed by atoms with E-state index in [4.69, 9.17) is 4.74 Å². The summed E-state index contributed by atoms with van der Waals surface area (Å²) in [5.41, 5.74) is -1.72. The van der Waals surface area contributed by atoms with Crippen LogP contribution in [0.3, 0.4) is 0 Å². The van der Waals surface area contributed by atoms with Gasteiger partial charge in [-0.15, -0.1) is 0 Å². The summed E-state index contributed by atoms with van der Waals surface area (Å²) in [4.78, 5) is 41.2. The van der Waals surface area contributed by atoms with Gasteiger partial charge < -0.3 is 14.7 Å². The normalized spacial score (nSPS) is 21.3. The quantitative estimate of drug-likeness (QED) is 0.555. The molecule has 11 heteroatoms. The van der Waals surface area contributed by atoms with Crippen LogP contribution in [0.4, 0.5) is 22.4 Å². The molecule has 0 radical (unpaired) electrons. The van der Waals surface area contributed by atoms with Crippen LogP contribution in [0.2, 0.25) is 0 Å². The Morgan fingerprint density at radius 2 is 1.68 bits per heavy atom. The van der Waals surface area contributed by atoms with Gasteiger partial charge in [0.05, 0.1) is 18.2 Å². The highest BCUT2D eigenvalue weighted by molar-refractivity contribution is 5.86. The minimum atomic E-state index is -4.63. The third kappa shape index (κ3) is 7.90. The average Bonchev–Trinajstić information content (AvgIpc) is 3.19. The second-order valence-electron chi connectivity index (χ2n) is 10.9. The standard InChI is InChI=1S/C26H34F4N2O5/c1-25(2,3)37-24(36)32-15-21(34)13-22(32)23(35)31-6-4-16(5-7-31)11-20(33)12-17-8-18(14-27)10-19(9-17)26(28,29)30/h8-10,16,21-22,34H,4-7,11-15H2,1-3H3/t21-,22+/m1/s1. The maximum absolute atomic E-state index is 13.1. The minimum Gasteiger partial charge on any atom is -0.444 e. The zero-order valence-corrected chi connectivity index (χ0v) is 21.3. The predicted molar refractivity (Wildman–Crippen MR) is 126 cm³/mol. The van der Waals surface area contributed by atoms with Crippen LogP contribution in [0.15, 0.2) is 18.2 Å². The molecular formula is C26H34F4N2O5. The molecule has 0 saturated carbocycles. The predicted octanol–water partition coefficient (Wildman–Crippen LogP) is 4.29. The van der Waals surface area contributed by atoms with Crippen molar-refractivity contribution in [3.63, 3.8) is 0 Å². The van der Waals surface area contributed by atoms with E-state index in [1.165, 1.54) is 11.0 Å². The first-order chi connectivity index (χ1) is 17.2. The number of alkyl halides is 4. The van der Waals surface area contributed by atoms with Crippen molar-refractivity contribution in [1.82, 2.24) is 9.80 Å². The lowest BCUT2D eigenvalue weighted by molar-refractivity contribution is -0.138. The number of Topliss-reactive ketones (excluding diaryl/α,β-unsaturated/α-hetero) is 1. The van der Waals surface area contributed by atoms with Crippen molar-refractivity contribution in [2.45, 2.75) is 83.5 Å². The van der Waals surface area contributed by atoms with Crippen LogP contribution >= 0.6 is 0 Å². The molecule has 2 aliphatic heterocycles. The third-order valence-corrected chi connectivity index (χ3v) is 6.57. The van der Waals surface area contributed by atoms with Crippen molar-refractivity contribution in [3.8, 4) is 0 Å². The average molecular weight is 531 g/mol. The summed E-state index contributed by atoms with van der Waals surface area (Å²) in [6.07, 6.45) is -5.02. The number of halogens is 4. The SMILES string of the molecule is CC(C)(C)OC(=O)N1C[C@H](O)C[C@H]1C(=O)N1CCC(CC(=O)Cc2cc(CF)cc(C(F)(F)F)c2)CC1. The summed E-state index contributed by atoms with van der Waals surface area (Å²) in [6, 6.07) is 2.08. The molecule has 2 saturated heterocycles. The van der Waals surface area contributed by atoms with Crippen molar-refractivity contribution in [2.24, 2.45) is 5.92 Å². The summed E-state index contributed by atoms with van der Waals surface area (Å²) >= 11 is 0. The van der Waals surface area contributed by atoms with Crippen LogP contribution in [-0.4, -0.2) is 70.1 Å². The number of benzene rings is 1. The molecule has 2 heterocycles. The van der Waals surface area contributed by atoms with Crippen LogP contribution in [0.5, 0.6) is 0 Å². The Labute approximate surface area is 213 Å². The van der Waals surface area contributed by atoms with Gasteiger partial charge in [0.2, 0.25) is 5.91 Å². The first-order valence-corrected chi connectivity index (χ1v) is 12.4. The fourth-order valence-corrected chi connectivity index (χ4v) is 4.87. The summed E-state index contributed by atoms with van der Waals surface area (Å²) in [5.74, 6) is -0.571. The number of nitrogens with zero attached hydrogens (tertiary/aromatic N) is 2. The molecule has 37 heavy (non-hydrogen) atoms. The van der Waals surface area contributed by atoms with Crippen molar-refractivity contribution in [1.29, 1.82) is 0 Å². The van der Waals surface area contributed by atoms with E-state index in [-0.39, 0.29) is 54.5 Å². The number of rotatable bonds is 6. The molecule has 0 unspecified atom stereocenters. The first kappa shape index (κ1) is 28.9. The second-order valence-corrected chi connectivity index (χ2v) is 10.9. The molecule has 3 rings (SSSR count). The van der Waals surface area contributed by atoms with Crippen molar-refractivity contribution < 1.29 is 41.8 Å². The maximum Gasteiger partial charge on any atom is 0.416 e. The summed E-state index contributed by atoms with van der Waals surface area (Å²) in [6.45, 7) is 4.83. The number of amides is 2. The molecule has 0 aromatic heterocycles. The molecule has 2 aliphatic rings. The Balaban J connectivity index is 1.54. The summed E-state index contributed by atoms with van der Waals surface area (Å²) < 4.78 is 57.7.